The van der Waals surface area contributed by atoms with Crippen molar-refractivity contribution >= 4 is 28.9 Å². The fourth-order valence-electron chi connectivity index (χ4n) is 2.69. The molecule has 0 aliphatic carbocycles. The molecule has 3 aromatic rings. The van der Waals surface area contributed by atoms with Crippen molar-refractivity contribution in [1.82, 2.24) is 5.32 Å². The minimum atomic E-state index is -0.511. The van der Waals surface area contributed by atoms with E-state index in [-0.39, 0.29) is 17.2 Å². The Morgan fingerprint density at radius 1 is 0.964 bits per heavy atom. The molecule has 0 fully saturated rings. The zero-order valence-corrected chi connectivity index (χ0v) is 15.6. The number of halogens is 1. The summed E-state index contributed by atoms with van der Waals surface area (Å²) in [6.07, 6.45) is 0. The molecule has 0 aliphatic rings. The van der Waals surface area contributed by atoms with E-state index in [1.54, 1.807) is 12.1 Å². The van der Waals surface area contributed by atoms with E-state index in [2.05, 4.69) is 10.6 Å². The second-order valence-corrected chi connectivity index (χ2v) is 6.51. The number of carbonyl (C=O) groups is 1. The predicted molar refractivity (Wildman–Crippen MR) is 109 cm³/mol. The summed E-state index contributed by atoms with van der Waals surface area (Å²) in [6, 6.07) is 21.1. The summed E-state index contributed by atoms with van der Waals surface area (Å²) in [5.74, 6) is -0.371. The van der Waals surface area contributed by atoms with Gasteiger partial charge in [0.15, 0.2) is 0 Å². The summed E-state index contributed by atoms with van der Waals surface area (Å²) in [6.45, 7) is 0.681. The SMILES string of the molecule is O=C(NCc1ccccc1)c1ccc(NCc2ccccc2Cl)c([N+](=O)[O-])c1. The zero-order chi connectivity index (χ0) is 19.9. The molecule has 142 valence electrons. The standard InChI is InChI=1S/C21H18ClN3O3/c22-18-9-5-4-8-17(18)14-23-19-11-10-16(12-20(19)25(27)28)21(26)24-13-15-6-2-1-3-7-15/h1-12,23H,13-14H2,(H,24,26). The Labute approximate surface area is 167 Å². The minimum Gasteiger partial charge on any atom is -0.375 e. The van der Waals surface area contributed by atoms with Crippen molar-refractivity contribution in [3.63, 3.8) is 0 Å². The maximum Gasteiger partial charge on any atom is 0.293 e. The lowest BCUT2D eigenvalue weighted by Gasteiger charge is -2.10. The number of carbonyl (C=O) groups excluding carboxylic acids is 1. The van der Waals surface area contributed by atoms with Gasteiger partial charge in [-0.2, -0.15) is 0 Å². The molecule has 0 saturated carbocycles. The molecule has 0 saturated heterocycles. The first-order valence-corrected chi connectivity index (χ1v) is 9.00. The number of benzene rings is 3. The van der Waals surface area contributed by atoms with Crippen LogP contribution >= 0.6 is 11.6 Å². The number of rotatable bonds is 7. The molecule has 0 heterocycles. The normalized spacial score (nSPS) is 10.3. The average Bonchev–Trinajstić information content (AvgIpc) is 2.72. The predicted octanol–water partition coefficient (Wildman–Crippen LogP) is 4.79. The lowest BCUT2D eigenvalue weighted by molar-refractivity contribution is -0.384. The average molecular weight is 396 g/mol. The van der Waals surface area contributed by atoms with E-state index in [4.69, 9.17) is 11.6 Å². The van der Waals surface area contributed by atoms with Crippen molar-refractivity contribution in [2.45, 2.75) is 13.1 Å². The van der Waals surface area contributed by atoms with Crippen LogP contribution in [0.15, 0.2) is 72.8 Å². The molecule has 0 aliphatic heterocycles. The van der Waals surface area contributed by atoms with Crippen LogP contribution in [-0.4, -0.2) is 10.8 Å². The molecule has 2 N–H and O–H groups in total. The molecule has 0 spiro atoms. The van der Waals surface area contributed by atoms with Gasteiger partial charge in [-0.3, -0.25) is 14.9 Å². The highest BCUT2D eigenvalue weighted by Gasteiger charge is 2.17. The van der Waals surface area contributed by atoms with Crippen molar-refractivity contribution in [2.75, 3.05) is 5.32 Å². The maximum absolute atomic E-state index is 12.4. The van der Waals surface area contributed by atoms with E-state index < -0.39 is 4.92 Å². The highest BCUT2D eigenvalue weighted by molar-refractivity contribution is 6.31. The Morgan fingerprint density at radius 2 is 1.68 bits per heavy atom. The number of anilines is 1. The number of nitro groups is 1. The van der Waals surface area contributed by atoms with Crippen LogP contribution < -0.4 is 10.6 Å². The Bertz CT molecular complexity index is 993. The van der Waals surface area contributed by atoms with Gasteiger partial charge < -0.3 is 10.6 Å². The van der Waals surface area contributed by atoms with E-state index in [1.807, 2.05) is 48.5 Å². The topological polar surface area (TPSA) is 84.3 Å². The van der Waals surface area contributed by atoms with Crippen molar-refractivity contribution < 1.29 is 9.72 Å². The van der Waals surface area contributed by atoms with Gasteiger partial charge in [0.25, 0.3) is 11.6 Å². The fraction of sp³-hybridized carbons (Fsp3) is 0.0952. The van der Waals surface area contributed by atoms with Crippen LogP contribution in [0.25, 0.3) is 0 Å². The number of amides is 1. The van der Waals surface area contributed by atoms with Gasteiger partial charge in [0, 0.05) is 29.7 Å². The lowest BCUT2D eigenvalue weighted by atomic mass is 10.1. The van der Waals surface area contributed by atoms with Crippen LogP contribution in [-0.2, 0) is 13.1 Å². The molecule has 0 atom stereocenters. The van der Waals surface area contributed by atoms with Crippen LogP contribution in [0.5, 0.6) is 0 Å². The summed E-state index contributed by atoms with van der Waals surface area (Å²) in [4.78, 5) is 23.3. The van der Waals surface area contributed by atoms with Crippen LogP contribution in [0.2, 0.25) is 5.02 Å². The van der Waals surface area contributed by atoms with E-state index in [0.29, 0.717) is 23.8 Å². The molecule has 0 unspecified atom stereocenters. The van der Waals surface area contributed by atoms with Crippen molar-refractivity contribution in [3.8, 4) is 0 Å². The van der Waals surface area contributed by atoms with Gasteiger partial charge in [-0.15, -0.1) is 0 Å². The molecular formula is C21H18ClN3O3. The Hall–Kier alpha value is -3.38. The Morgan fingerprint density at radius 3 is 2.39 bits per heavy atom. The number of hydrogen-bond donors (Lipinski definition) is 2. The molecule has 0 aromatic heterocycles. The summed E-state index contributed by atoms with van der Waals surface area (Å²) in [5.41, 5.74) is 2.15. The molecule has 28 heavy (non-hydrogen) atoms. The van der Waals surface area contributed by atoms with Gasteiger partial charge in [-0.05, 0) is 29.3 Å². The first-order valence-electron chi connectivity index (χ1n) is 8.62. The minimum absolute atomic E-state index is 0.167. The molecule has 1 amide bonds. The highest BCUT2D eigenvalue weighted by atomic mass is 35.5. The van der Waals surface area contributed by atoms with Crippen LogP contribution in [0.3, 0.4) is 0 Å². The van der Waals surface area contributed by atoms with Crippen molar-refractivity contribution in [3.05, 3.63) is 105 Å². The third kappa shape index (κ3) is 4.86. The van der Waals surface area contributed by atoms with E-state index >= 15 is 0 Å². The van der Waals surface area contributed by atoms with E-state index in [9.17, 15) is 14.9 Å². The van der Waals surface area contributed by atoms with Gasteiger partial charge in [0.05, 0.1) is 4.92 Å². The molecular weight excluding hydrogens is 378 g/mol. The zero-order valence-electron chi connectivity index (χ0n) is 14.9. The monoisotopic (exact) mass is 395 g/mol. The number of nitro benzene ring substituents is 1. The van der Waals surface area contributed by atoms with E-state index in [0.717, 1.165) is 11.1 Å². The lowest BCUT2D eigenvalue weighted by Crippen LogP contribution is -2.22. The second kappa shape index (κ2) is 9.01. The largest absolute Gasteiger partial charge is 0.375 e. The summed E-state index contributed by atoms with van der Waals surface area (Å²) in [7, 11) is 0. The summed E-state index contributed by atoms with van der Waals surface area (Å²) >= 11 is 6.12. The highest BCUT2D eigenvalue weighted by Crippen LogP contribution is 2.27. The first-order chi connectivity index (χ1) is 13.5. The summed E-state index contributed by atoms with van der Waals surface area (Å²) < 4.78 is 0. The van der Waals surface area contributed by atoms with Gasteiger partial charge in [-0.1, -0.05) is 60.1 Å². The molecule has 0 bridgehead atoms. The van der Waals surface area contributed by atoms with Crippen molar-refractivity contribution in [1.29, 1.82) is 0 Å². The molecule has 7 heteroatoms. The number of hydrogen-bond acceptors (Lipinski definition) is 4. The molecule has 3 rings (SSSR count). The molecule has 3 aromatic carbocycles. The third-order valence-corrected chi connectivity index (χ3v) is 4.55. The first kappa shape index (κ1) is 19.4. The molecule has 0 radical (unpaired) electrons. The quantitative estimate of drug-likeness (QED) is 0.445. The van der Waals surface area contributed by atoms with Crippen LogP contribution in [0.1, 0.15) is 21.5 Å². The fourth-order valence-corrected chi connectivity index (χ4v) is 2.89. The Balaban J connectivity index is 1.72. The molecule has 6 nitrogen and oxygen atoms in total. The van der Waals surface area contributed by atoms with Gasteiger partial charge in [-0.25, -0.2) is 0 Å². The van der Waals surface area contributed by atoms with Crippen LogP contribution in [0.4, 0.5) is 11.4 Å². The van der Waals surface area contributed by atoms with Crippen LogP contribution in [0, 0.1) is 10.1 Å². The summed E-state index contributed by atoms with van der Waals surface area (Å²) in [5, 5.41) is 17.8. The number of nitrogens with one attached hydrogen (secondary N) is 2. The maximum atomic E-state index is 12.4. The van der Waals surface area contributed by atoms with E-state index in [1.165, 1.54) is 12.1 Å². The Kier molecular flexibility index (Phi) is 6.24. The second-order valence-electron chi connectivity index (χ2n) is 6.10. The van der Waals surface area contributed by atoms with Gasteiger partial charge in [0.1, 0.15) is 5.69 Å². The number of nitrogens with zero attached hydrogens (tertiary/aromatic N) is 1. The van der Waals surface area contributed by atoms with Gasteiger partial charge >= 0.3 is 0 Å². The van der Waals surface area contributed by atoms with Gasteiger partial charge in [0.2, 0.25) is 0 Å². The smallest absolute Gasteiger partial charge is 0.293 e. The van der Waals surface area contributed by atoms with Crippen molar-refractivity contribution in [2.24, 2.45) is 0 Å². The third-order valence-electron chi connectivity index (χ3n) is 4.18.